The monoisotopic (exact) mass is 359 g/mol. The Morgan fingerprint density at radius 1 is 0.962 bits per heavy atom. The molecule has 3 rings (SSSR count). The first-order valence-corrected chi connectivity index (χ1v) is 10.5. The second-order valence-electron chi connectivity index (χ2n) is 7.58. The SMILES string of the molecule is CCCCc1nc2c(CCCCCCN3CCCCC3)[nH]nc2c(=O)[nH]1. The van der Waals surface area contributed by atoms with Crippen molar-refractivity contribution in [1.29, 1.82) is 0 Å². The van der Waals surface area contributed by atoms with Crippen LogP contribution in [0.4, 0.5) is 0 Å². The molecule has 0 radical (unpaired) electrons. The summed E-state index contributed by atoms with van der Waals surface area (Å²) in [5.41, 5.74) is 2.11. The standard InChI is InChI=1S/C20H33N5O/c1-2-3-12-17-21-18-16(23-24-19(18)20(26)22-17)11-7-4-5-8-13-25-14-9-6-10-15-25/h2-15H2,1H3,(H,23,24)(H,21,22,26). The van der Waals surface area contributed by atoms with Crippen LogP contribution < -0.4 is 5.56 Å². The van der Waals surface area contributed by atoms with E-state index in [0.717, 1.165) is 49.1 Å². The number of rotatable bonds is 10. The molecule has 0 unspecified atom stereocenters. The van der Waals surface area contributed by atoms with Crippen molar-refractivity contribution in [2.75, 3.05) is 19.6 Å². The molecule has 0 aliphatic carbocycles. The number of likely N-dealkylation sites (tertiary alicyclic amines) is 1. The molecule has 3 heterocycles. The summed E-state index contributed by atoms with van der Waals surface area (Å²) in [6, 6.07) is 0. The molecule has 2 aromatic heterocycles. The van der Waals surface area contributed by atoms with Gasteiger partial charge in [0, 0.05) is 6.42 Å². The molecule has 0 aromatic carbocycles. The van der Waals surface area contributed by atoms with E-state index in [1.807, 2.05) is 0 Å². The van der Waals surface area contributed by atoms with Crippen molar-refractivity contribution in [3.8, 4) is 0 Å². The predicted octanol–water partition coefficient (Wildman–Crippen LogP) is 3.58. The number of hydrogen-bond donors (Lipinski definition) is 2. The lowest BCUT2D eigenvalue weighted by Gasteiger charge is -2.26. The Bertz CT molecular complexity index is 729. The molecule has 0 saturated carbocycles. The molecule has 144 valence electrons. The van der Waals surface area contributed by atoms with Crippen LogP contribution in [0.3, 0.4) is 0 Å². The molecule has 0 spiro atoms. The lowest BCUT2D eigenvalue weighted by atomic mass is 10.1. The zero-order chi connectivity index (χ0) is 18.2. The highest BCUT2D eigenvalue weighted by Crippen LogP contribution is 2.15. The van der Waals surface area contributed by atoms with Crippen molar-refractivity contribution < 1.29 is 0 Å². The van der Waals surface area contributed by atoms with E-state index in [1.165, 1.54) is 58.2 Å². The topological polar surface area (TPSA) is 77.7 Å². The second-order valence-corrected chi connectivity index (χ2v) is 7.58. The van der Waals surface area contributed by atoms with Gasteiger partial charge in [-0.3, -0.25) is 9.89 Å². The summed E-state index contributed by atoms with van der Waals surface area (Å²) in [4.78, 5) is 22.3. The number of fused-ring (bicyclic) bond motifs is 1. The highest BCUT2D eigenvalue weighted by Gasteiger charge is 2.12. The lowest BCUT2D eigenvalue weighted by molar-refractivity contribution is 0.224. The fourth-order valence-corrected chi connectivity index (χ4v) is 3.81. The number of unbranched alkanes of at least 4 members (excludes halogenated alkanes) is 4. The smallest absolute Gasteiger partial charge is 0.279 e. The molecule has 1 aliphatic rings. The van der Waals surface area contributed by atoms with Crippen LogP contribution >= 0.6 is 0 Å². The van der Waals surface area contributed by atoms with Crippen LogP contribution in [0.25, 0.3) is 11.0 Å². The molecule has 6 nitrogen and oxygen atoms in total. The molecule has 6 heteroatoms. The number of aromatic nitrogens is 4. The second kappa shape index (κ2) is 9.86. The zero-order valence-electron chi connectivity index (χ0n) is 16.1. The Hall–Kier alpha value is -1.69. The van der Waals surface area contributed by atoms with Crippen LogP contribution in [0, 0.1) is 0 Å². The van der Waals surface area contributed by atoms with E-state index in [2.05, 4.69) is 32.0 Å². The van der Waals surface area contributed by atoms with Crippen LogP contribution in [0.2, 0.25) is 0 Å². The number of nitrogens with one attached hydrogen (secondary N) is 2. The number of H-pyrrole nitrogens is 2. The number of aromatic amines is 2. The van der Waals surface area contributed by atoms with E-state index in [0.29, 0.717) is 5.52 Å². The predicted molar refractivity (Wildman–Crippen MR) is 106 cm³/mol. The fourth-order valence-electron chi connectivity index (χ4n) is 3.81. The summed E-state index contributed by atoms with van der Waals surface area (Å²) in [5, 5.41) is 7.22. The molecule has 0 amide bonds. The van der Waals surface area contributed by atoms with Crippen molar-refractivity contribution in [2.45, 2.75) is 77.6 Å². The van der Waals surface area contributed by atoms with Crippen LogP contribution in [0.15, 0.2) is 4.79 Å². The van der Waals surface area contributed by atoms with Crippen molar-refractivity contribution in [3.63, 3.8) is 0 Å². The van der Waals surface area contributed by atoms with Gasteiger partial charge in [-0.25, -0.2) is 4.98 Å². The third kappa shape index (κ3) is 5.16. The highest BCUT2D eigenvalue weighted by molar-refractivity contribution is 5.75. The normalized spacial score (nSPS) is 15.7. The maximum Gasteiger partial charge on any atom is 0.279 e. The molecular formula is C20H33N5O. The van der Waals surface area contributed by atoms with Gasteiger partial charge in [-0.05, 0) is 58.2 Å². The minimum Gasteiger partial charge on any atom is -0.309 e. The summed E-state index contributed by atoms with van der Waals surface area (Å²) >= 11 is 0. The van der Waals surface area contributed by atoms with Gasteiger partial charge in [0.05, 0.1) is 5.69 Å². The van der Waals surface area contributed by atoms with E-state index in [4.69, 9.17) is 0 Å². The summed E-state index contributed by atoms with van der Waals surface area (Å²) in [6.07, 6.45) is 12.9. The van der Waals surface area contributed by atoms with E-state index in [-0.39, 0.29) is 5.56 Å². The largest absolute Gasteiger partial charge is 0.309 e. The molecule has 26 heavy (non-hydrogen) atoms. The quantitative estimate of drug-likeness (QED) is 0.636. The maximum atomic E-state index is 12.2. The Balaban J connectivity index is 1.46. The molecule has 2 aromatic rings. The molecule has 1 fully saturated rings. The highest BCUT2D eigenvalue weighted by atomic mass is 16.1. The number of piperidine rings is 1. The Kier molecular flexibility index (Phi) is 7.23. The molecule has 1 saturated heterocycles. The van der Waals surface area contributed by atoms with Gasteiger partial charge in [-0.15, -0.1) is 0 Å². The Labute approximate surface area is 155 Å². The molecular weight excluding hydrogens is 326 g/mol. The number of nitrogens with zero attached hydrogens (tertiary/aromatic N) is 3. The molecule has 2 N–H and O–H groups in total. The van der Waals surface area contributed by atoms with Gasteiger partial charge in [0.2, 0.25) is 0 Å². The summed E-state index contributed by atoms with van der Waals surface area (Å²) in [6.45, 7) is 5.98. The lowest BCUT2D eigenvalue weighted by Crippen LogP contribution is -2.30. The molecule has 0 bridgehead atoms. The van der Waals surface area contributed by atoms with Crippen LogP contribution in [0.1, 0.15) is 76.2 Å². The van der Waals surface area contributed by atoms with Crippen molar-refractivity contribution in [1.82, 2.24) is 25.1 Å². The maximum absolute atomic E-state index is 12.2. The molecule has 1 aliphatic heterocycles. The first kappa shape index (κ1) is 19.1. The molecule has 0 atom stereocenters. The van der Waals surface area contributed by atoms with Gasteiger partial charge in [-0.1, -0.05) is 32.6 Å². The average Bonchev–Trinajstić information content (AvgIpc) is 3.07. The van der Waals surface area contributed by atoms with Gasteiger partial charge >= 0.3 is 0 Å². The minimum atomic E-state index is -0.120. The third-order valence-electron chi connectivity index (χ3n) is 5.40. The van der Waals surface area contributed by atoms with Crippen LogP contribution in [-0.4, -0.2) is 44.7 Å². The van der Waals surface area contributed by atoms with Crippen molar-refractivity contribution in [3.05, 3.63) is 21.9 Å². The van der Waals surface area contributed by atoms with Gasteiger partial charge in [0.1, 0.15) is 11.3 Å². The third-order valence-corrected chi connectivity index (χ3v) is 5.40. The van der Waals surface area contributed by atoms with Gasteiger partial charge < -0.3 is 9.88 Å². The van der Waals surface area contributed by atoms with E-state index in [1.54, 1.807) is 0 Å². The van der Waals surface area contributed by atoms with Gasteiger partial charge in [-0.2, -0.15) is 5.10 Å². The first-order chi connectivity index (χ1) is 12.8. The van der Waals surface area contributed by atoms with Crippen molar-refractivity contribution in [2.24, 2.45) is 0 Å². The minimum absolute atomic E-state index is 0.120. The Morgan fingerprint density at radius 3 is 2.58 bits per heavy atom. The summed E-state index contributed by atoms with van der Waals surface area (Å²) in [7, 11) is 0. The van der Waals surface area contributed by atoms with E-state index in [9.17, 15) is 4.79 Å². The van der Waals surface area contributed by atoms with E-state index >= 15 is 0 Å². The number of hydrogen-bond acceptors (Lipinski definition) is 4. The summed E-state index contributed by atoms with van der Waals surface area (Å²) in [5.74, 6) is 0.786. The van der Waals surface area contributed by atoms with Crippen molar-refractivity contribution >= 4 is 11.0 Å². The van der Waals surface area contributed by atoms with Crippen LogP contribution in [0.5, 0.6) is 0 Å². The van der Waals surface area contributed by atoms with E-state index < -0.39 is 0 Å². The van der Waals surface area contributed by atoms with Gasteiger partial charge in [0.15, 0.2) is 5.52 Å². The van der Waals surface area contributed by atoms with Gasteiger partial charge in [0.25, 0.3) is 5.56 Å². The fraction of sp³-hybridized carbons (Fsp3) is 0.750. The Morgan fingerprint density at radius 2 is 1.77 bits per heavy atom. The number of aryl methyl sites for hydroxylation is 2. The van der Waals surface area contributed by atoms with Crippen LogP contribution in [-0.2, 0) is 12.8 Å². The average molecular weight is 360 g/mol. The first-order valence-electron chi connectivity index (χ1n) is 10.5. The zero-order valence-corrected chi connectivity index (χ0v) is 16.1. The summed E-state index contributed by atoms with van der Waals surface area (Å²) < 4.78 is 0.